The second-order valence-corrected chi connectivity index (χ2v) is 4.25. The molecule has 0 aromatic rings. The first-order chi connectivity index (χ1) is 6.97. The van der Waals surface area contributed by atoms with Crippen LogP contribution >= 0.6 is 0 Å². The van der Waals surface area contributed by atoms with Gasteiger partial charge >= 0.3 is 0 Å². The van der Waals surface area contributed by atoms with Crippen molar-refractivity contribution in [1.82, 2.24) is 5.32 Å². The second-order valence-electron chi connectivity index (χ2n) is 4.25. The second kappa shape index (κ2) is 6.38. The maximum atomic E-state index is 11.8. The molecule has 86 valence electrons. The van der Waals surface area contributed by atoms with Gasteiger partial charge in [-0.15, -0.1) is 0 Å². The third-order valence-electron chi connectivity index (χ3n) is 2.31. The molecular formula is C12H22N2O. The average molecular weight is 210 g/mol. The predicted octanol–water partition coefficient (Wildman–Crippen LogP) is 2.53. The third-order valence-corrected chi connectivity index (χ3v) is 2.31. The molecule has 0 aliphatic heterocycles. The summed E-state index contributed by atoms with van der Waals surface area (Å²) in [7, 11) is 0. The van der Waals surface area contributed by atoms with Gasteiger partial charge in [0.2, 0.25) is 5.91 Å². The molecule has 3 nitrogen and oxygen atoms in total. The molecule has 0 aliphatic carbocycles. The standard InChI is InChI=1S/C12H22N2O/c1-6-8-14-11(15)12(3,4)9-10(7-2)13-5/h7H,5-6,8-9H2,1-4H3,(H,14,15)/b10-7-. The first-order valence-corrected chi connectivity index (χ1v) is 5.38. The van der Waals surface area contributed by atoms with Crippen molar-refractivity contribution in [3.8, 4) is 0 Å². The highest BCUT2D eigenvalue weighted by molar-refractivity contribution is 5.82. The highest BCUT2D eigenvalue weighted by Gasteiger charge is 2.27. The highest BCUT2D eigenvalue weighted by atomic mass is 16.2. The van der Waals surface area contributed by atoms with Crippen LogP contribution in [0.4, 0.5) is 0 Å². The number of nitrogens with one attached hydrogen (secondary N) is 1. The monoisotopic (exact) mass is 210 g/mol. The summed E-state index contributed by atoms with van der Waals surface area (Å²) in [5.74, 6) is 0.0763. The van der Waals surface area contributed by atoms with Crippen molar-refractivity contribution in [3.05, 3.63) is 11.8 Å². The van der Waals surface area contributed by atoms with E-state index in [4.69, 9.17) is 0 Å². The van der Waals surface area contributed by atoms with Gasteiger partial charge in [-0.2, -0.15) is 0 Å². The Balaban J connectivity index is 4.39. The number of hydrogen-bond donors (Lipinski definition) is 1. The van der Waals surface area contributed by atoms with Gasteiger partial charge in [0, 0.05) is 24.1 Å². The topological polar surface area (TPSA) is 41.5 Å². The fourth-order valence-corrected chi connectivity index (χ4v) is 1.26. The van der Waals surface area contributed by atoms with Crippen LogP contribution in [0.25, 0.3) is 0 Å². The number of carbonyl (C=O) groups is 1. The van der Waals surface area contributed by atoms with E-state index in [1.165, 1.54) is 0 Å². The van der Waals surface area contributed by atoms with Crippen LogP contribution in [0.15, 0.2) is 16.8 Å². The Labute approximate surface area is 92.7 Å². The maximum absolute atomic E-state index is 11.8. The number of nitrogens with zero attached hydrogens (tertiary/aromatic N) is 1. The maximum Gasteiger partial charge on any atom is 0.226 e. The molecule has 0 unspecified atom stereocenters. The van der Waals surface area contributed by atoms with Gasteiger partial charge in [0.05, 0.1) is 0 Å². The summed E-state index contributed by atoms with van der Waals surface area (Å²) >= 11 is 0. The molecule has 0 saturated heterocycles. The fraction of sp³-hybridized carbons (Fsp3) is 0.667. The molecule has 0 heterocycles. The minimum absolute atomic E-state index is 0.0763. The van der Waals surface area contributed by atoms with Crippen LogP contribution in [0.5, 0.6) is 0 Å². The SMILES string of the molecule is C=N/C(=C\C)CC(C)(C)C(=O)NCCC. The van der Waals surface area contributed by atoms with Crippen molar-refractivity contribution < 1.29 is 4.79 Å². The van der Waals surface area contributed by atoms with Crippen molar-refractivity contribution in [2.24, 2.45) is 10.4 Å². The molecule has 1 amide bonds. The summed E-state index contributed by atoms with van der Waals surface area (Å²) in [6.07, 6.45) is 3.47. The van der Waals surface area contributed by atoms with Crippen LogP contribution in [0.3, 0.4) is 0 Å². The van der Waals surface area contributed by atoms with E-state index in [2.05, 4.69) is 17.0 Å². The lowest BCUT2D eigenvalue weighted by molar-refractivity contribution is -0.129. The van der Waals surface area contributed by atoms with E-state index in [-0.39, 0.29) is 5.91 Å². The quantitative estimate of drug-likeness (QED) is 0.672. The molecule has 0 spiro atoms. The minimum atomic E-state index is -0.418. The summed E-state index contributed by atoms with van der Waals surface area (Å²) in [5, 5.41) is 2.90. The Morgan fingerprint density at radius 1 is 1.53 bits per heavy atom. The van der Waals surface area contributed by atoms with Crippen LogP contribution in [0.2, 0.25) is 0 Å². The van der Waals surface area contributed by atoms with Gasteiger partial charge in [-0.3, -0.25) is 9.79 Å². The molecule has 0 aromatic carbocycles. The van der Waals surface area contributed by atoms with E-state index >= 15 is 0 Å². The van der Waals surface area contributed by atoms with E-state index in [1.807, 2.05) is 33.8 Å². The Kier molecular flexibility index (Phi) is 5.90. The molecule has 0 radical (unpaired) electrons. The zero-order valence-corrected chi connectivity index (χ0v) is 10.3. The van der Waals surface area contributed by atoms with Gasteiger partial charge in [-0.1, -0.05) is 26.8 Å². The molecule has 0 aliphatic rings. The van der Waals surface area contributed by atoms with Crippen molar-refractivity contribution in [1.29, 1.82) is 0 Å². The summed E-state index contributed by atoms with van der Waals surface area (Å²) in [4.78, 5) is 15.7. The highest BCUT2D eigenvalue weighted by Crippen LogP contribution is 2.25. The molecule has 0 fully saturated rings. The third kappa shape index (κ3) is 4.77. The van der Waals surface area contributed by atoms with E-state index in [0.29, 0.717) is 6.42 Å². The number of aliphatic imine (C=N–C) groups is 1. The molecule has 0 atom stereocenters. The molecular weight excluding hydrogens is 188 g/mol. The molecule has 0 saturated carbocycles. The normalized spacial score (nSPS) is 12.4. The lowest BCUT2D eigenvalue weighted by Crippen LogP contribution is -2.37. The zero-order valence-electron chi connectivity index (χ0n) is 10.3. The fourth-order valence-electron chi connectivity index (χ4n) is 1.26. The summed E-state index contributed by atoms with van der Waals surface area (Å²) in [6.45, 7) is 12.0. The van der Waals surface area contributed by atoms with Crippen molar-refractivity contribution in [3.63, 3.8) is 0 Å². The molecule has 1 N–H and O–H groups in total. The first-order valence-electron chi connectivity index (χ1n) is 5.38. The predicted molar refractivity (Wildman–Crippen MR) is 65.0 cm³/mol. The Morgan fingerprint density at radius 3 is 2.53 bits per heavy atom. The molecule has 0 bridgehead atoms. The van der Waals surface area contributed by atoms with Crippen molar-refractivity contribution >= 4 is 12.6 Å². The Morgan fingerprint density at radius 2 is 2.13 bits per heavy atom. The van der Waals surface area contributed by atoms with E-state index in [9.17, 15) is 4.79 Å². The smallest absolute Gasteiger partial charge is 0.226 e. The first kappa shape index (κ1) is 13.9. The molecule has 0 rings (SSSR count). The number of carbonyl (C=O) groups excluding carboxylic acids is 1. The van der Waals surface area contributed by atoms with E-state index in [1.54, 1.807) is 0 Å². The van der Waals surface area contributed by atoms with Crippen LogP contribution in [0.1, 0.15) is 40.5 Å². The number of rotatable bonds is 6. The Hall–Kier alpha value is -1.12. The van der Waals surface area contributed by atoms with Gasteiger partial charge in [0.1, 0.15) is 0 Å². The number of allylic oxidation sites excluding steroid dienone is 2. The largest absolute Gasteiger partial charge is 0.356 e. The van der Waals surface area contributed by atoms with E-state index < -0.39 is 5.41 Å². The minimum Gasteiger partial charge on any atom is -0.356 e. The lowest BCUT2D eigenvalue weighted by atomic mass is 9.86. The Bertz CT molecular complexity index is 254. The molecule has 15 heavy (non-hydrogen) atoms. The van der Waals surface area contributed by atoms with Crippen LogP contribution < -0.4 is 5.32 Å². The van der Waals surface area contributed by atoms with Gasteiger partial charge in [0.25, 0.3) is 0 Å². The van der Waals surface area contributed by atoms with Gasteiger partial charge in [-0.25, -0.2) is 0 Å². The van der Waals surface area contributed by atoms with Crippen molar-refractivity contribution in [2.45, 2.75) is 40.5 Å². The summed E-state index contributed by atoms with van der Waals surface area (Å²) < 4.78 is 0. The van der Waals surface area contributed by atoms with E-state index in [0.717, 1.165) is 18.7 Å². The van der Waals surface area contributed by atoms with Crippen molar-refractivity contribution in [2.75, 3.05) is 6.54 Å². The number of amides is 1. The summed E-state index contributed by atoms with van der Waals surface area (Å²) in [6, 6.07) is 0. The zero-order chi connectivity index (χ0) is 11.9. The lowest BCUT2D eigenvalue weighted by Gasteiger charge is -2.23. The summed E-state index contributed by atoms with van der Waals surface area (Å²) in [5.41, 5.74) is 0.449. The van der Waals surface area contributed by atoms with Crippen LogP contribution in [-0.4, -0.2) is 19.2 Å². The number of hydrogen-bond acceptors (Lipinski definition) is 2. The van der Waals surface area contributed by atoms with Crippen LogP contribution in [-0.2, 0) is 4.79 Å². The average Bonchev–Trinajstić information content (AvgIpc) is 2.22. The molecule has 0 aromatic heterocycles. The molecule has 3 heteroatoms. The van der Waals surface area contributed by atoms with Crippen LogP contribution in [0, 0.1) is 5.41 Å². The van der Waals surface area contributed by atoms with Gasteiger partial charge in [0.15, 0.2) is 0 Å². The van der Waals surface area contributed by atoms with Gasteiger partial charge < -0.3 is 5.32 Å². The van der Waals surface area contributed by atoms with Gasteiger partial charge in [-0.05, 0) is 20.1 Å².